The van der Waals surface area contributed by atoms with Crippen molar-refractivity contribution in [3.8, 4) is 11.5 Å². The first-order valence-corrected chi connectivity index (χ1v) is 10.6. The minimum Gasteiger partial charge on any atom is -0.497 e. The molecule has 7 nitrogen and oxygen atoms in total. The molecular weight excluding hydrogens is 434 g/mol. The van der Waals surface area contributed by atoms with Crippen LogP contribution in [0.25, 0.3) is 21.9 Å². The molecule has 2 heterocycles. The first kappa shape index (κ1) is 21.3. The van der Waals surface area contributed by atoms with Crippen molar-refractivity contribution in [1.82, 2.24) is 0 Å². The lowest BCUT2D eigenvalue weighted by molar-refractivity contribution is 0.0994. The zero-order valence-electron chi connectivity index (χ0n) is 18.8. The monoisotopic (exact) mass is 455 g/mol. The number of benzene rings is 3. The van der Waals surface area contributed by atoms with Crippen molar-refractivity contribution in [2.45, 2.75) is 6.92 Å². The van der Waals surface area contributed by atoms with E-state index in [9.17, 15) is 9.59 Å². The summed E-state index contributed by atoms with van der Waals surface area (Å²) < 4.78 is 22.2. The molecule has 34 heavy (non-hydrogen) atoms. The van der Waals surface area contributed by atoms with Gasteiger partial charge in [-0.3, -0.25) is 9.59 Å². The van der Waals surface area contributed by atoms with E-state index >= 15 is 0 Å². The molecule has 0 radical (unpaired) electrons. The zero-order chi connectivity index (χ0) is 23.8. The molecule has 0 saturated carbocycles. The van der Waals surface area contributed by atoms with Gasteiger partial charge < -0.3 is 23.6 Å². The Morgan fingerprint density at radius 3 is 2.44 bits per heavy atom. The Morgan fingerprint density at radius 1 is 0.853 bits per heavy atom. The summed E-state index contributed by atoms with van der Waals surface area (Å²) in [6.45, 7) is 1.82. The number of para-hydroxylation sites is 1. The van der Waals surface area contributed by atoms with Crippen LogP contribution in [0.3, 0.4) is 0 Å². The van der Waals surface area contributed by atoms with E-state index in [1.165, 1.54) is 14.2 Å². The van der Waals surface area contributed by atoms with Crippen LogP contribution in [0.4, 0.5) is 5.69 Å². The Kier molecular flexibility index (Phi) is 5.30. The first-order chi connectivity index (χ1) is 16.5. The smallest absolute Gasteiger partial charge is 0.291 e. The Balaban J connectivity index is 1.46. The highest BCUT2D eigenvalue weighted by atomic mass is 16.5. The predicted octanol–water partition coefficient (Wildman–Crippen LogP) is 5.99. The molecule has 0 aliphatic rings. The van der Waals surface area contributed by atoms with Gasteiger partial charge in [0.05, 0.1) is 19.8 Å². The number of aryl methyl sites for hydroxylation is 1. The molecule has 0 aliphatic heterocycles. The maximum Gasteiger partial charge on any atom is 0.291 e. The number of hydrogen-bond donors (Lipinski definition) is 1. The third kappa shape index (κ3) is 3.67. The van der Waals surface area contributed by atoms with E-state index < -0.39 is 0 Å². The van der Waals surface area contributed by atoms with Gasteiger partial charge in [0.1, 0.15) is 22.7 Å². The second-order valence-electron chi connectivity index (χ2n) is 7.77. The molecule has 5 rings (SSSR count). The van der Waals surface area contributed by atoms with Crippen molar-refractivity contribution in [3.63, 3.8) is 0 Å². The van der Waals surface area contributed by atoms with Crippen molar-refractivity contribution in [1.29, 1.82) is 0 Å². The average molecular weight is 455 g/mol. The predicted molar refractivity (Wildman–Crippen MR) is 128 cm³/mol. The van der Waals surface area contributed by atoms with Crippen LogP contribution in [0.5, 0.6) is 11.5 Å². The summed E-state index contributed by atoms with van der Waals surface area (Å²) in [7, 11) is 3.03. The van der Waals surface area contributed by atoms with Crippen molar-refractivity contribution in [2.75, 3.05) is 19.5 Å². The highest BCUT2D eigenvalue weighted by Crippen LogP contribution is 2.33. The standard InChI is InChI=1S/C27H21NO6/c1-15-19-10-8-17(28-27(30)24-12-16-6-4-5-7-21(16)33-24)13-23(19)34-26(15)25(29)20-14-18(31-2)9-11-22(20)32-3/h4-14H,1-3H3,(H,28,30). The fraction of sp³-hybridized carbons (Fsp3) is 0.111. The molecule has 2 aromatic heterocycles. The number of anilines is 1. The Hall–Kier alpha value is -4.52. The van der Waals surface area contributed by atoms with Crippen LogP contribution in [0.15, 0.2) is 75.6 Å². The fourth-order valence-electron chi connectivity index (χ4n) is 3.92. The molecule has 1 N–H and O–H groups in total. The van der Waals surface area contributed by atoms with Gasteiger partial charge in [-0.25, -0.2) is 0 Å². The van der Waals surface area contributed by atoms with E-state index in [4.69, 9.17) is 18.3 Å². The van der Waals surface area contributed by atoms with Gasteiger partial charge >= 0.3 is 0 Å². The van der Waals surface area contributed by atoms with E-state index in [0.717, 1.165) is 10.8 Å². The molecule has 1 amide bonds. The number of fused-ring (bicyclic) bond motifs is 2. The molecule has 170 valence electrons. The number of ketones is 1. The van der Waals surface area contributed by atoms with Gasteiger partial charge in [0, 0.05) is 28.1 Å². The highest BCUT2D eigenvalue weighted by molar-refractivity contribution is 6.12. The van der Waals surface area contributed by atoms with Gasteiger partial charge in [0.25, 0.3) is 5.91 Å². The van der Waals surface area contributed by atoms with E-state index in [1.807, 2.05) is 31.2 Å². The number of hydrogen-bond acceptors (Lipinski definition) is 6. The summed E-state index contributed by atoms with van der Waals surface area (Å²) in [4.78, 5) is 26.0. The average Bonchev–Trinajstić information content (AvgIpc) is 3.44. The highest BCUT2D eigenvalue weighted by Gasteiger charge is 2.23. The molecule has 7 heteroatoms. The van der Waals surface area contributed by atoms with Gasteiger partial charge in [-0.15, -0.1) is 0 Å². The third-order valence-electron chi connectivity index (χ3n) is 5.70. The van der Waals surface area contributed by atoms with Gasteiger partial charge in [-0.2, -0.15) is 0 Å². The minimum absolute atomic E-state index is 0.197. The largest absolute Gasteiger partial charge is 0.497 e. The molecule has 0 spiro atoms. The topological polar surface area (TPSA) is 90.9 Å². The quantitative estimate of drug-likeness (QED) is 0.316. The second-order valence-corrected chi connectivity index (χ2v) is 7.77. The fourth-order valence-corrected chi connectivity index (χ4v) is 3.92. The van der Waals surface area contributed by atoms with Gasteiger partial charge in [0.15, 0.2) is 11.5 Å². The van der Waals surface area contributed by atoms with E-state index in [1.54, 1.807) is 42.5 Å². The molecule has 3 aromatic carbocycles. The summed E-state index contributed by atoms with van der Waals surface area (Å²) >= 11 is 0. The van der Waals surface area contributed by atoms with Crippen molar-refractivity contribution >= 4 is 39.3 Å². The zero-order valence-corrected chi connectivity index (χ0v) is 18.8. The maximum absolute atomic E-state index is 13.3. The lowest BCUT2D eigenvalue weighted by Crippen LogP contribution is -2.10. The number of rotatable bonds is 6. The van der Waals surface area contributed by atoms with Crippen LogP contribution < -0.4 is 14.8 Å². The summed E-state index contributed by atoms with van der Waals surface area (Å²) in [5, 5.41) is 4.44. The van der Waals surface area contributed by atoms with Crippen LogP contribution in [0.2, 0.25) is 0 Å². The summed E-state index contributed by atoms with van der Waals surface area (Å²) in [5.74, 6) is 0.659. The molecule has 0 unspecified atom stereocenters. The van der Waals surface area contributed by atoms with Crippen LogP contribution in [0.1, 0.15) is 32.2 Å². The number of amides is 1. The Bertz CT molecular complexity index is 1530. The van der Waals surface area contributed by atoms with Crippen LogP contribution in [-0.2, 0) is 0 Å². The summed E-state index contributed by atoms with van der Waals surface area (Å²) in [5.41, 5.74) is 2.66. The maximum atomic E-state index is 13.3. The molecule has 0 atom stereocenters. The van der Waals surface area contributed by atoms with Gasteiger partial charge in [0.2, 0.25) is 5.78 Å². The Morgan fingerprint density at radius 2 is 1.68 bits per heavy atom. The minimum atomic E-state index is -0.378. The number of carbonyl (C=O) groups is 2. The molecule has 5 aromatic rings. The van der Waals surface area contributed by atoms with Crippen molar-refractivity contribution < 1.29 is 27.9 Å². The molecule has 0 bridgehead atoms. The first-order valence-electron chi connectivity index (χ1n) is 10.6. The second kappa shape index (κ2) is 8.44. The Labute approximate surface area is 194 Å². The van der Waals surface area contributed by atoms with Gasteiger partial charge in [-0.05, 0) is 49.4 Å². The lowest BCUT2D eigenvalue weighted by atomic mass is 10.0. The summed E-state index contributed by atoms with van der Waals surface area (Å²) in [6.07, 6.45) is 0. The van der Waals surface area contributed by atoms with Crippen molar-refractivity contribution in [2.24, 2.45) is 0 Å². The molecule has 0 saturated heterocycles. The number of ether oxygens (including phenoxy) is 2. The summed E-state index contributed by atoms with van der Waals surface area (Å²) in [6, 6.07) is 19.4. The van der Waals surface area contributed by atoms with Gasteiger partial charge in [-0.1, -0.05) is 18.2 Å². The molecule has 0 aliphatic carbocycles. The third-order valence-corrected chi connectivity index (χ3v) is 5.70. The number of furan rings is 2. The van der Waals surface area contributed by atoms with E-state index in [0.29, 0.717) is 39.5 Å². The van der Waals surface area contributed by atoms with Crippen LogP contribution >= 0.6 is 0 Å². The number of methoxy groups -OCH3 is 2. The normalized spacial score (nSPS) is 11.0. The van der Waals surface area contributed by atoms with E-state index in [2.05, 4.69) is 5.32 Å². The molecule has 0 fully saturated rings. The lowest BCUT2D eigenvalue weighted by Gasteiger charge is -2.08. The van der Waals surface area contributed by atoms with E-state index in [-0.39, 0.29) is 23.2 Å². The number of nitrogens with one attached hydrogen (secondary N) is 1. The van der Waals surface area contributed by atoms with Crippen molar-refractivity contribution in [3.05, 3.63) is 89.4 Å². The van der Waals surface area contributed by atoms with Crippen LogP contribution in [0, 0.1) is 6.92 Å². The SMILES string of the molecule is COc1ccc(OC)c(C(=O)c2oc3cc(NC(=O)c4cc5ccccc5o4)ccc3c2C)c1. The molecular formula is C27H21NO6. The van der Waals surface area contributed by atoms with Crippen LogP contribution in [-0.4, -0.2) is 25.9 Å². The number of carbonyl (C=O) groups excluding carboxylic acids is 2.